The molecule has 9 heteroatoms. The van der Waals surface area contributed by atoms with E-state index in [4.69, 9.17) is 0 Å². The molecule has 1 saturated heterocycles. The van der Waals surface area contributed by atoms with Gasteiger partial charge in [0, 0.05) is 24.6 Å². The average Bonchev–Trinajstić information content (AvgIpc) is 3.00. The summed E-state index contributed by atoms with van der Waals surface area (Å²) in [5.74, 6) is -1.67. The van der Waals surface area contributed by atoms with Gasteiger partial charge in [-0.25, -0.2) is 4.39 Å². The van der Waals surface area contributed by atoms with Crippen LogP contribution < -0.4 is 5.32 Å². The minimum atomic E-state index is -0.740. The van der Waals surface area contributed by atoms with E-state index in [0.29, 0.717) is 5.69 Å². The Morgan fingerprint density at radius 1 is 1.14 bits per heavy atom. The number of hydrogen-bond acceptors (Lipinski definition) is 5. The number of carbonyl (C=O) groups is 3. The van der Waals surface area contributed by atoms with Gasteiger partial charge in [0.25, 0.3) is 5.69 Å². The molecule has 0 aromatic heterocycles. The third-order valence-electron chi connectivity index (χ3n) is 4.32. The first-order valence-electron chi connectivity index (χ1n) is 8.68. The topological polar surface area (TPSA) is 110 Å². The van der Waals surface area contributed by atoms with E-state index in [1.165, 1.54) is 17.0 Å². The smallest absolute Gasteiger partial charge is 0.279 e. The normalized spacial score (nSPS) is 13.9. The van der Waals surface area contributed by atoms with Gasteiger partial charge in [-0.1, -0.05) is 12.1 Å². The minimum absolute atomic E-state index is 0.0989. The summed E-state index contributed by atoms with van der Waals surface area (Å²) in [6.45, 7) is 0.181. The number of nitrogens with zero attached hydrogens (tertiary/aromatic N) is 2. The molecule has 1 heterocycles. The van der Waals surface area contributed by atoms with Crippen LogP contribution in [0, 0.1) is 15.9 Å². The fraction of sp³-hybridized carbons (Fsp3) is 0.150. The van der Waals surface area contributed by atoms with Gasteiger partial charge in [-0.05, 0) is 35.9 Å². The molecule has 0 aliphatic carbocycles. The standard InChI is InChI=1S/C20H16FN3O5/c21-15-5-3-14(17(11-15)24(28)29)4-8-18(25)22-16-6-1-13(2-7-16)12-23-19(26)9-10-20(23)27/h1-8,11H,9-10,12H2,(H,22,25). The third-order valence-corrected chi connectivity index (χ3v) is 4.32. The average molecular weight is 397 g/mol. The van der Waals surface area contributed by atoms with Crippen molar-refractivity contribution >= 4 is 35.2 Å². The van der Waals surface area contributed by atoms with Crippen LogP contribution in [0.4, 0.5) is 15.8 Å². The summed E-state index contributed by atoms with van der Waals surface area (Å²) >= 11 is 0. The number of nitro groups is 1. The molecule has 0 unspecified atom stereocenters. The van der Waals surface area contributed by atoms with Gasteiger partial charge >= 0.3 is 0 Å². The zero-order valence-corrected chi connectivity index (χ0v) is 15.1. The first-order valence-corrected chi connectivity index (χ1v) is 8.68. The van der Waals surface area contributed by atoms with Crippen molar-refractivity contribution in [2.75, 3.05) is 5.32 Å². The lowest BCUT2D eigenvalue weighted by atomic mass is 10.1. The molecule has 0 spiro atoms. The van der Waals surface area contributed by atoms with Gasteiger partial charge in [0.2, 0.25) is 17.7 Å². The van der Waals surface area contributed by atoms with Crippen LogP contribution in [0.15, 0.2) is 48.5 Å². The molecule has 148 valence electrons. The molecule has 1 aliphatic rings. The van der Waals surface area contributed by atoms with Crippen LogP contribution in [0.5, 0.6) is 0 Å². The van der Waals surface area contributed by atoms with Gasteiger partial charge in [0.15, 0.2) is 0 Å². The number of anilines is 1. The van der Waals surface area contributed by atoms with Crippen molar-refractivity contribution in [3.8, 4) is 0 Å². The number of halogens is 1. The zero-order valence-electron chi connectivity index (χ0n) is 15.1. The van der Waals surface area contributed by atoms with E-state index in [9.17, 15) is 28.9 Å². The number of rotatable bonds is 6. The Morgan fingerprint density at radius 3 is 2.41 bits per heavy atom. The lowest BCUT2D eigenvalue weighted by molar-refractivity contribution is -0.385. The summed E-state index contributed by atoms with van der Waals surface area (Å²) < 4.78 is 13.1. The number of hydrogen-bond donors (Lipinski definition) is 1. The quantitative estimate of drug-likeness (QED) is 0.349. The van der Waals surface area contributed by atoms with E-state index in [1.807, 2.05) is 0 Å². The molecule has 0 bridgehead atoms. The predicted octanol–water partition coefficient (Wildman–Crippen LogP) is 3.03. The van der Waals surface area contributed by atoms with Crippen LogP contribution >= 0.6 is 0 Å². The minimum Gasteiger partial charge on any atom is -0.323 e. The molecule has 3 rings (SSSR count). The molecule has 0 atom stereocenters. The number of benzene rings is 2. The molecular formula is C20H16FN3O5. The highest BCUT2D eigenvalue weighted by molar-refractivity contribution is 6.02. The molecule has 2 aromatic carbocycles. The largest absolute Gasteiger partial charge is 0.323 e. The van der Waals surface area contributed by atoms with Gasteiger partial charge in [-0.15, -0.1) is 0 Å². The highest BCUT2D eigenvalue weighted by Crippen LogP contribution is 2.21. The van der Waals surface area contributed by atoms with Crippen LogP contribution in [0.3, 0.4) is 0 Å². The lowest BCUT2D eigenvalue weighted by Gasteiger charge is -2.14. The van der Waals surface area contributed by atoms with E-state index < -0.39 is 22.3 Å². The van der Waals surface area contributed by atoms with Crippen molar-refractivity contribution in [1.82, 2.24) is 4.90 Å². The Hall–Kier alpha value is -3.88. The Balaban J connectivity index is 1.63. The molecule has 2 aromatic rings. The molecule has 0 saturated carbocycles. The number of carbonyl (C=O) groups excluding carboxylic acids is 3. The molecular weight excluding hydrogens is 381 g/mol. The van der Waals surface area contributed by atoms with E-state index in [2.05, 4.69) is 5.32 Å². The highest BCUT2D eigenvalue weighted by atomic mass is 19.1. The second-order valence-corrected chi connectivity index (χ2v) is 6.35. The number of nitro benzene ring substituents is 1. The number of imide groups is 1. The van der Waals surface area contributed by atoms with E-state index in [0.717, 1.165) is 23.8 Å². The monoisotopic (exact) mass is 397 g/mol. The maximum absolute atomic E-state index is 13.1. The van der Waals surface area contributed by atoms with Crippen molar-refractivity contribution in [2.24, 2.45) is 0 Å². The van der Waals surface area contributed by atoms with Crippen molar-refractivity contribution < 1.29 is 23.7 Å². The molecule has 0 radical (unpaired) electrons. The Morgan fingerprint density at radius 2 is 1.79 bits per heavy atom. The third kappa shape index (κ3) is 4.89. The molecule has 8 nitrogen and oxygen atoms in total. The first kappa shape index (κ1) is 19.9. The summed E-state index contributed by atoms with van der Waals surface area (Å²) in [6, 6.07) is 9.67. The highest BCUT2D eigenvalue weighted by Gasteiger charge is 2.28. The Labute approximate surface area is 164 Å². The van der Waals surface area contributed by atoms with Crippen molar-refractivity contribution in [3.05, 3.63) is 75.6 Å². The van der Waals surface area contributed by atoms with Crippen LogP contribution in [-0.2, 0) is 20.9 Å². The molecule has 3 amide bonds. The fourth-order valence-electron chi connectivity index (χ4n) is 2.84. The van der Waals surface area contributed by atoms with Crippen molar-refractivity contribution in [2.45, 2.75) is 19.4 Å². The van der Waals surface area contributed by atoms with E-state index in [-0.39, 0.29) is 36.8 Å². The molecule has 1 N–H and O–H groups in total. The lowest BCUT2D eigenvalue weighted by Crippen LogP contribution is -2.28. The number of amides is 3. The summed E-state index contributed by atoms with van der Waals surface area (Å²) in [5.41, 5.74) is 0.867. The fourth-order valence-corrected chi connectivity index (χ4v) is 2.84. The molecule has 1 fully saturated rings. The summed E-state index contributed by atoms with van der Waals surface area (Å²) in [6.07, 6.45) is 2.79. The van der Waals surface area contributed by atoms with Crippen molar-refractivity contribution in [1.29, 1.82) is 0 Å². The molecule has 1 aliphatic heterocycles. The Kier molecular flexibility index (Phi) is 5.77. The van der Waals surface area contributed by atoms with Crippen LogP contribution in [0.25, 0.3) is 6.08 Å². The van der Waals surface area contributed by atoms with Crippen molar-refractivity contribution in [3.63, 3.8) is 0 Å². The number of likely N-dealkylation sites (tertiary alicyclic amines) is 1. The van der Waals surface area contributed by atoms with Crippen LogP contribution in [-0.4, -0.2) is 27.5 Å². The van der Waals surface area contributed by atoms with Gasteiger partial charge in [0.1, 0.15) is 5.82 Å². The van der Waals surface area contributed by atoms with Crippen LogP contribution in [0.2, 0.25) is 0 Å². The first-order chi connectivity index (χ1) is 13.8. The van der Waals surface area contributed by atoms with Gasteiger partial charge in [-0.3, -0.25) is 29.4 Å². The summed E-state index contributed by atoms with van der Waals surface area (Å²) in [4.78, 5) is 46.8. The number of nitrogens with one attached hydrogen (secondary N) is 1. The summed E-state index contributed by atoms with van der Waals surface area (Å²) in [7, 11) is 0. The Bertz CT molecular complexity index is 1000. The maximum Gasteiger partial charge on any atom is 0.279 e. The van der Waals surface area contributed by atoms with E-state index >= 15 is 0 Å². The maximum atomic E-state index is 13.1. The SMILES string of the molecule is O=C(C=Cc1ccc(F)cc1[N+](=O)[O-])Nc1ccc(CN2C(=O)CCC2=O)cc1. The second-order valence-electron chi connectivity index (χ2n) is 6.35. The van der Waals surface area contributed by atoms with E-state index in [1.54, 1.807) is 24.3 Å². The summed E-state index contributed by atoms with van der Waals surface area (Å²) in [5, 5.41) is 13.6. The van der Waals surface area contributed by atoms with Gasteiger partial charge in [-0.2, -0.15) is 0 Å². The molecule has 29 heavy (non-hydrogen) atoms. The second kappa shape index (κ2) is 8.42. The van der Waals surface area contributed by atoms with Crippen LogP contribution in [0.1, 0.15) is 24.0 Å². The van der Waals surface area contributed by atoms with Gasteiger partial charge in [0.05, 0.1) is 23.1 Å². The zero-order chi connectivity index (χ0) is 21.0. The van der Waals surface area contributed by atoms with Gasteiger partial charge < -0.3 is 5.32 Å². The predicted molar refractivity (Wildman–Crippen MR) is 102 cm³/mol.